The Bertz CT molecular complexity index is 370. The lowest BCUT2D eigenvalue weighted by atomic mass is 9.92. The van der Waals surface area contributed by atoms with E-state index in [4.69, 9.17) is 15.9 Å². The van der Waals surface area contributed by atoms with E-state index >= 15 is 0 Å². The van der Waals surface area contributed by atoms with Crippen LogP contribution in [0, 0.1) is 5.92 Å². The normalized spacial score (nSPS) is 19.8. The second-order valence-electron chi connectivity index (χ2n) is 4.92. The Morgan fingerprint density at radius 1 is 1.50 bits per heavy atom. The van der Waals surface area contributed by atoms with Crippen molar-refractivity contribution in [2.45, 2.75) is 25.3 Å². The van der Waals surface area contributed by atoms with E-state index in [9.17, 15) is 4.79 Å². The molecule has 2 heterocycles. The molecule has 1 atom stereocenters. The third-order valence-electron chi connectivity index (χ3n) is 3.67. The quantitative estimate of drug-likeness (QED) is 0.813. The van der Waals surface area contributed by atoms with E-state index in [0.29, 0.717) is 18.9 Å². The van der Waals surface area contributed by atoms with Crippen LogP contribution >= 0.6 is 0 Å². The van der Waals surface area contributed by atoms with Crippen molar-refractivity contribution in [3.63, 3.8) is 0 Å². The third-order valence-corrected chi connectivity index (χ3v) is 3.67. The fraction of sp³-hybridized carbons (Fsp3) is 0.615. The van der Waals surface area contributed by atoms with Crippen LogP contribution in [0.5, 0.6) is 0 Å². The molecule has 0 saturated carbocycles. The maximum Gasteiger partial charge on any atom is 0.217 e. The van der Waals surface area contributed by atoms with Gasteiger partial charge in [-0.1, -0.05) is 0 Å². The highest BCUT2D eigenvalue weighted by atomic mass is 16.3. The fourth-order valence-electron chi connectivity index (χ4n) is 2.68. The SMILES string of the molecule is NCC(c1ccco1)N1CCC(CC(N)=O)CC1. The standard InChI is InChI=1S/C13H21N3O2/c14-9-11(12-2-1-7-18-12)16-5-3-10(4-6-16)8-13(15)17/h1-2,7,10-11H,3-6,8-9,14H2,(H2,15,17). The summed E-state index contributed by atoms with van der Waals surface area (Å²) in [6.07, 6.45) is 4.18. The lowest BCUT2D eigenvalue weighted by molar-refractivity contribution is -0.119. The highest BCUT2D eigenvalue weighted by molar-refractivity contribution is 5.73. The second kappa shape index (κ2) is 6.02. The Morgan fingerprint density at radius 2 is 2.22 bits per heavy atom. The van der Waals surface area contributed by atoms with Crippen LogP contribution in [0.1, 0.15) is 31.1 Å². The molecule has 1 fully saturated rings. The Balaban J connectivity index is 1.90. The summed E-state index contributed by atoms with van der Waals surface area (Å²) in [5.74, 6) is 1.15. The molecule has 0 aliphatic carbocycles. The van der Waals surface area contributed by atoms with E-state index in [-0.39, 0.29) is 11.9 Å². The third kappa shape index (κ3) is 3.11. The van der Waals surface area contributed by atoms with E-state index < -0.39 is 0 Å². The van der Waals surface area contributed by atoms with Crippen LogP contribution in [0.3, 0.4) is 0 Å². The molecule has 4 N–H and O–H groups in total. The minimum Gasteiger partial charge on any atom is -0.468 e. The minimum absolute atomic E-state index is 0.148. The predicted molar refractivity (Wildman–Crippen MR) is 68.6 cm³/mol. The molecule has 0 aromatic carbocycles. The molecule has 5 nitrogen and oxygen atoms in total. The average molecular weight is 251 g/mol. The Morgan fingerprint density at radius 3 is 2.72 bits per heavy atom. The molecule has 0 bridgehead atoms. The molecule has 1 aromatic rings. The van der Waals surface area contributed by atoms with Crippen molar-refractivity contribution >= 4 is 5.91 Å². The van der Waals surface area contributed by atoms with Gasteiger partial charge in [-0.25, -0.2) is 0 Å². The Labute approximate surface area is 107 Å². The molecule has 100 valence electrons. The summed E-state index contributed by atoms with van der Waals surface area (Å²) in [5.41, 5.74) is 11.1. The number of furan rings is 1. The van der Waals surface area contributed by atoms with Crippen molar-refractivity contribution in [3.8, 4) is 0 Å². The average Bonchev–Trinajstić information content (AvgIpc) is 2.85. The van der Waals surface area contributed by atoms with Crippen molar-refractivity contribution in [3.05, 3.63) is 24.2 Å². The van der Waals surface area contributed by atoms with Gasteiger partial charge in [-0.05, 0) is 44.0 Å². The van der Waals surface area contributed by atoms with E-state index in [2.05, 4.69) is 4.90 Å². The molecule has 18 heavy (non-hydrogen) atoms. The van der Waals surface area contributed by atoms with Gasteiger partial charge in [-0.15, -0.1) is 0 Å². The lowest BCUT2D eigenvalue weighted by Gasteiger charge is -2.35. The molecule has 1 aliphatic rings. The fourth-order valence-corrected chi connectivity index (χ4v) is 2.68. The minimum atomic E-state index is -0.199. The van der Waals surface area contributed by atoms with Crippen LogP contribution < -0.4 is 11.5 Å². The van der Waals surface area contributed by atoms with Crippen molar-refractivity contribution in [2.24, 2.45) is 17.4 Å². The van der Waals surface area contributed by atoms with Crippen LogP contribution in [-0.4, -0.2) is 30.4 Å². The van der Waals surface area contributed by atoms with Gasteiger partial charge in [0.05, 0.1) is 12.3 Å². The number of carbonyl (C=O) groups is 1. The molecule has 1 amide bonds. The molecule has 1 unspecified atom stereocenters. The molecule has 5 heteroatoms. The molecular formula is C13H21N3O2. The van der Waals surface area contributed by atoms with Crippen molar-refractivity contribution in [1.82, 2.24) is 4.90 Å². The summed E-state index contributed by atoms with van der Waals surface area (Å²) in [4.78, 5) is 13.2. The van der Waals surface area contributed by atoms with E-state index in [1.54, 1.807) is 6.26 Å². The summed E-state index contributed by atoms with van der Waals surface area (Å²) in [6.45, 7) is 2.44. The van der Waals surface area contributed by atoms with Gasteiger partial charge in [0, 0.05) is 13.0 Å². The second-order valence-corrected chi connectivity index (χ2v) is 4.92. The van der Waals surface area contributed by atoms with Gasteiger partial charge in [0.2, 0.25) is 5.91 Å². The summed E-state index contributed by atoms with van der Waals surface area (Å²) in [7, 11) is 0. The van der Waals surface area contributed by atoms with Crippen LogP contribution in [0.25, 0.3) is 0 Å². The van der Waals surface area contributed by atoms with Gasteiger partial charge in [-0.2, -0.15) is 0 Å². The molecule has 0 radical (unpaired) electrons. The van der Waals surface area contributed by atoms with Crippen LogP contribution in [0.4, 0.5) is 0 Å². The van der Waals surface area contributed by atoms with Crippen molar-refractivity contribution in [1.29, 1.82) is 0 Å². The van der Waals surface area contributed by atoms with Crippen LogP contribution in [-0.2, 0) is 4.79 Å². The number of hydrogen-bond acceptors (Lipinski definition) is 4. The van der Waals surface area contributed by atoms with Gasteiger partial charge in [-0.3, -0.25) is 9.69 Å². The first-order valence-corrected chi connectivity index (χ1v) is 6.46. The molecule has 1 saturated heterocycles. The summed E-state index contributed by atoms with van der Waals surface area (Å²) < 4.78 is 5.44. The molecule has 0 spiro atoms. The van der Waals surface area contributed by atoms with Gasteiger partial charge >= 0.3 is 0 Å². The van der Waals surface area contributed by atoms with Gasteiger partial charge in [0.1, 0.15) is 5.76 Å². The first-order chi connectivity index (χ1) is 8.70. The number of likely N-dealkylation sites (tertiary alicyclic amines) is 1. The number of nitrogens with zero attached hydrogens (tertiary/aromatic N) is 1. The van der Waals surface area contributed by atoms with Crippen LogP contribution in [0.2, 0.25) is 0 Å². The number of piperidine rings is 1. The van der Waals surface area contributed by atoms with Gasteiger partial charge in [0.15, 0.2) is 0 Å². The van der Waals surface area contributed by atoms with Crippen molar-refractivity contribution < 1.29 is 9.21 Å². The Kier molecular flexibility index (Phi) is 4.38. The maximum absolute atomic E-state index is 10.9. The lowest BCUT2D eigenvalue weighted by Crippen LogP contribution is -2.40. The van der Waals surface area contributed by atoms with Crippen LogP contribution in [0.15, 0.2) is 22.8 Å². The molecule has 1 aromatic heterocycles. The molecular weight excluding hydrogens is 230 g/mol. The molecule has 2 rings (SSSR count). The summed E-state index contributed by atoms with van der Waals surface area (Å²) >= 11 is 0. The van der Waals surface area contributed by atoms with Gasteiger partial charge < -0.3 is 15.9 Å². The Hall–Kier alpha value is -1.33. The summed E-state index contributed by atoms with van der Waals surface area (Å²) in [6, 6.07) is 4.00. The molecule has 1 aliphatic heterocycles. The van der Waals surface area contributed by atoms with E-state index in [1.807, 2.05) is 12.1 Å². The zero-order valence-corrected chi connectivity index (χ0v) is 10.5. The highest BCUT2D eigenvalue weighted by Crippen LogP contribution is 2.27. The highest BCUT2D eigenvalue weighted by Gasteiger charge is 2.27. The monoisotopic (exact) mass is 251 g/mol. The number of rotatable bonds is 5. The summed E-state index contributed by atoms with van der Waals surface area (Å²) in [5, 5.41) is 0. The zero-order valence-electron chi connectivity index (χ0n) is 10.5. The number of carbonyl (C=O) groups excluding carboxylic acids is 1. The van der Waals surface area contributed by atoms with E-state index in [0.717, 1.165) is 31.7 Å². The van der Waals surface area contributed by atoms with Crippen molar-refractivity contribution in [2.75, 3.05) is 19.6 Å². The maximum atomic E-state index is 10.9. The first-order valence-electron chi connectivity index (χ1n) is 6.46. The topological polar surface area (TPSA) is 85.5 Å². The largest absolute Gasteiger partial charge is 0.468 e. The predicted octanol–water partition coefficient (Wildman–Crippen LogP) is 0.867. The van der Waals surface area contributed by atoms with Gasteiger partial charge in [0.25, 0.3) is 0 Å². The number of primary amides is 1. The smallest absolute Gasteiger partial charge is 0.217 e. The number of hydrogen-bond donors (Lipinski definition) is 2. The number of amides is 1. The first kappa shape index (κ1) is 13.1. The van der Waals surface area contributed by atoms with E-state index in [1.165, 1.54) is 0 Å². The zero-order chi connectivity index (χ0) is 13.0. The number of nitrogens with two attached hydrogens (primary N) is 2.